The second kappa shape index (κ2) is 5.65. The number of hydrogen-bond acceptors (Lipinski definition) is 4. The number of fused-ring (bicyclic) bond motifs is 1. The van der Waals surface area contributed by atoms with Crippen LogP contribution in [0.3, 0.4) is 0 Å². The average Bonchev–Trinajstić information content (AvgIpc) is 3.16. The predicted octanol–water partition coefficient (Wildman–Crippen LogP) is 2.84. The third kappa shape index (κ3) is 2.57. The van der Waals surface area contributed by atoms with Gasteiger partial charge in [-0.05, 0) is 43.5 Å². The van der Waals surface area contributed by atoms with Crippen LogP contribution < -0.4 is 5.32 Å². The van der Waals surface area contributed by atoms with E-state index < -0.39 is 0 Å². The molecule has 2 N–H and O–H groups in total. The maximum atomic E-state index is 5.57. The molecule has 0 amide bonds. The normalized spacial score (nSPS) is 19.2. The Bertz CT molecular complexity index is 714. The molecule has 5 nitrogen and oxygen atoms in total. The minimum absolute atomic E-state index is 0.477. The number of benzene rings is 1. The van der Waals surface area contributed by atoms with Gasteiger partial charge in [0.15, 0.2) is 0 Å². The summed E-state index contributed by atoms with van der Waals surface area (Å²) in [6.45, 7) is 5.24. The van der Waals surface area contributed by atoms with Crippen LogP contribution in [0.25, 0.3) is 10.9 Å². The highest BCUT2D eigenvalue weighted by Gasteiger charge is 2.18. The van der Waals surface area contributed by atoms with E-state index in [1.165, 1.54) is 10.9 Å². The van der Waals surface area contributed by atoms with E-state index in [4.69, 9.17) is 9.47 Å². The Morgan fingerprint density at radius 3 is 2.82 bits per heavy atom. The van der Waals surface area contributed by atoms with Gasteiger partial charge in [-0.15, -0.1) is 0 Å². The Kier molecular flexibility index (Phi) is 3.50. The van der Waals surface area contributed by atoms with Crippen LogP contribution in [0.5, 0.6) is 0 Å². The third-order valence-electron chi connectivity index (χ3n) is 4.27. The Morgan fingerprint density at radius 1 is 1.18 bits per heavy atom. The maximum Gasteiger partial charge on any atom is 0.233 e. The largest absolute Gasteiger partial charge is 0.474 e. The van der Waals surface area contributed by atoms with E-state index in [9.17, 15) is 0 Å². The summed E-state index contributed by atoms with van der Waals surface area (Å²) in [4.78, 5) is 7.87. The van der Waals surface area contributed by atoms with E-state index in [1.54, 1.807) is 0 Å². The molecule has 116 valence electrons. The molecule has 0 atom stereocenters. The fraction of sp³-hybridized carbons (Fsp3) is 0.471. The summed E-state index contributed by atoms with van der Waals surface area (Å²) < 4.78 is 11.0. The van der Waals surface area contributed by atoms with E-state index in [1.807, 2.05) is 0 Å². The van der Waals surface area contributed by atoms with Crippen molar-refractivity contribution in [3.63, 3.8) is 0 Å². The SMILES string of the molecule is Cc1cc(NC2CCOCC2)c2[nH]c(C3=NCCO3)cc2c1. The number of nitrogens with zero attached hydrogens (tertiary/aromatic N) is 1. The molecule has 1 saturated heterocycles. The number of aromatic nitrogens is 1. The van der Waals surface area contributed by atoms with Gasteiger partial charge in [0, 0.05) is 24.6 Å². The fourth-order valence-corrected chi connectivity index (χ4v) is 3.18. The van der Waals surface area contributed by atoms with Crippen LogP contribution in [0.4, 0.5) is 5.69 Å². The molecule has 5 heteroatoms. The van der Waals surface area contributed by atoms with Crippen LogP contribution >= 0.6 is 0 Å². The first kappa shape index (κ1) is 13.6. The number of aryl methyl sites for hydroxylation is 1. The number of anilines is 1. The number of nitrogens with one attached hydrogen (secondary N) is 2. The van der Waals surface area contributed by atoms with Gasteiger partial charge >= 0.3 is 0 Å². The van der Waals surface area contributed by atoms with Gasteiger partial charge in [0.25, 0.3) is 0 Å². The molecular formula is C17H21N3O2. The molecule has 0 bridgehead atoms. The van der Waals surface area contributed by atoms with Crippen molar-refractivity contribution in [2.24, 2.45) is 4.99 Å². The summed E-state index contributed by atoms with van der Waals surface area (Å²) in [5.41, 5.74) is 4.51. The Balaban J connectivity index is 1.69. The lowest BCUT2D eigenvalue weighted by Crippen LogP contribution is -2.27. The van der Waals surface area contributed by atoms with Gasteiger partial charge in [0.2, 0.25) is 5.90 Å². The Morgan fingerprint density at radius 2 is 2.05 bits per heavy atom. The summed E-state index contributed by atoms with van der Waals surface area (Å²) in [7, 11) is 0. The van der Waals surface area contributed by atoms with Gasteiger partial charge < -0.3 is 19.8 Å². The number of rotatable bonds is 3. The molecule has 0 spiro atoms. The molecule has 4 rings (SSSR count). The second-order valence-corrected chi connectivity index (χ2v) is 6.03. The van der Waals surface area contributed by atoms with Gasteiger partial charge in [-0.25, -0.2) is 4.99 Å². The number of aromatic amines is 1. The highest BCUT2D eigenvalue weighted by atomic mass is 16.5. The highest BCUT2D eigenvalue weighted by molar-refractivity contribution is 6.01. The van der Waals surface area contributed by atoms with E-state index in [0.717, 1.165) is 55.4 Å². The van der Waals surface area contributed by atoms with E-state index in [0.29, 0.717) is 12.6 Å². The first-order valence-electron chi connectivity index (χ1n) is 7.95. The van der Waals surface area contributed by atoms with Crippen molar-refractivity contribution in [1.29, 1.82) is 0 Å². The minimum atomic E-state index is 0.477. The van der Waals surface area contributed by atoms with Crippen molar-refractivity contribution in [2.45, 2.75) is 25.8 Å². The van der Waals surface area contributed by atoms with Crippen molar-refractivity contribution in [2.75, 3.05) is 31.7 Å². The van der Waals surface area contributed by atoms with Crippen LogP contribution in [0, 0.1) is 6.92 Å². The van der Waals surface area contributed by atoms with Crippen LogP contribution in [-0.2, 0) is 9.47 Å². The Hall–Kier alpha value is -2.01. The molecule has 0 saturated carbocycles. The van der Waals surface area contributed by atoms with Gasteiger partial charge in [-0.2, -0.15) is 0 Å². The maximum absolute atomic E-state index is 5.57. The molecular weight excluding hydrogens is 278 g/mol. The van der Waals surface area contributed by atoms with Crippen LogP contribution in [0.1, 0.15) is 24.1 Å². The number of H-pyrrole nitrogens is 1. The van der Waals surface area contributed by atoms with Crippen LogP contribution in [0.2, 0.25) is 0 Å². The summed E-state index contributed by atoms with van der Waals surface area (Å²) in [6.07, 6.45) is 2.11. The molecule has 2 aliphatic heterocycles. The third-order valence-corrected chi connectivity index (χ3v) is 4.27. The highest BCUT2D eigenvalue weighted by Crippen LogP contribution is 2.28. The van der Waals surface area contributed by atoms with E-state index in [2.05, 4.69) is 40.4 Å². The molecule has 2 aromatic rings. The van der Waals surface area contributed by atoms with Gasteiger partial charge in [0.1, 0.15) is 12.3 Å². The van der Waals surface area contributed by atoms with Crippen LogP contribution in [-0.4, -0.2) is 43.3 Å². The number of hydrogen-bond donors (Lipinski definition) is 2. The molecule has 1 aromatic heterocycles. The molecule has 1 aromatic carbocycles. The number of aliphatic imine (C=N–C) groups is 1. The quantitative estimate of drug-likeness (QED) is 0.916. The van der Waals surface area contributed by atoms with Crippen molar-refractivity contribution in [1.82, 2.24) is 4.98 Å². The first-order chi connectivity index (χ1) is 10.8. The minimum Gasteiger partial charge on any atom is -0.474 e. The molecule has 0 aliphatic carbocycles. The fourth-order valence-electron chi connectivity index (χ4n) is 3.18. The molecule has 0 unspecified atom stereocenters. The second-order valence-electron chi connectivity index (χ2n) is 6.03. The average molecular weight is 299 g/mol. The first-order valence-corrected chi connectivity index (χ1v) is 7.95. The van der Waals surface area contributed by atoms with Crippen molar-refractivity contribution in [3.05, 3.63) is 29.5 Å². The van der Waals surface area contributed by atoms with Crippen molar-refractivity contribution in [3.8, 4) is 0 Å². The topological polar surface area (TPSA) is 58.6 Å². The van der Waals surface area contributed by atoms with Gasteiger partial charge in [-0.3, -0.25) is 0 Å². The van der Waals surface area contributed by atoms with E-state index in [-0.39, 0.29) is 0 Å². The summed E-state index contributed by atoms with van der Waals surface area (Å²) in [6, 6.07) is 7.00. The lowest BCUT2D eigenvalue weighted by atomic mass is 10.1. The smallest absolute Gasteiger partial charge is 0.233 e. The lowest BCUT2D eigenvalue weighted by Gasteiger charge is -2.24. The van der Waals surface area contributed by atoms with Crippen molar-refractivity contribution >= 4 is 22.5 Å². The van der Waals surface area contributed by atoms with Gasteiger partial charge in [-0.1, -0.05) is 0 Å². The van der Waals surface area contributed by atoms with Crippen molar-refractivity contribution < 1.29 is 9.47 Å². The number of ether oxygens (including phenoxy) is 2. The van der Waals surface area contributed by atoms with Crippen LogP contribution in [0.15, 0.2) is 23.2 Å². The summed E-state index contributed by atoms with van der Waals surface area (Å²) in [5, 5.41) is 4.87. The monoisotopic (exact) mass is 299 g/mol. The standard InChI is InChI=1S/C17H21N3O2/c1-11-8-12-10-15(17-18-4-7-22-17)20-16(12)14(9-11)19-13-2-5-21-6-3-13/h8-10,13,19-20H,2-7H2,1H3. The zero-order valence-corrected chi connectivity index (χ0v) is 12.8. The molecule has 22 heavy (non-hydrogen) atoms. The Labute approximate surface area is 129 Å². The van der Waals surface area contributed by atoms with Gasteiger partial charge in [0.05, 0.1) is 17.7 Å². The lowest BCUT2D eigenvalue weighted by molar-refractivity contribution is 0.0905. The zero-order valence-electron chi connectivity index (χ0n) is 12.8. The summed E-state index contributed by atoms with van der Waals surface area (Å²) in [5.74, 6) is 0.728. The summed E-state index contributed by atoms with van der Waals surface area (Å²) >= 11 is 0. The molecule has 1 fully saturated rings. The molecule has 2 aliphatic rings. The molecule has 3 heterocycles. The molecule has 0 radical (unpaired) electrons. The predicted molar refractivity (Wildman–Crippen MR) is 87.9 cm³/mol. The van der Waals surface area contributed by atoms with E-state index >= 15 is 0 Å². The zero-order chi connectivity index (χ0) is 14.9.